The Hall–Kier alpha value is -4.47. The van der Waals surface area contributed by atoms with Gasteiger partial charge in [0, 0.05) is 42.8 Å². The zero-order valence-corrected chi connectivity index (χ0v) is 38.8. The minimum atomic E-state index is -0.926. The number of Topliss-reactive ketones (excluding diaryl/α,β-unsaturated/α-hetero) is 1. The Labute approximate surface area is 378 Å². The van der Waals surface area contributed by atoms with Crippen molar-refractivity contribution in [1.82, 2.24) is 4.57 Å². The van der Waals surface area contributed by atoms with Crippen LogP contribution in [-0.2, 0) is 50.9 Å². The van der Waals surface area contributed by atoms with E-state index in [1.165, 1.54) is 12.1 Å². The number of benzene rings is 3. The third kappa shape index (κ3) is 15.9. The van der Waals surface area contributed by atoms with E-state index in [2.05, 4.69) is 18.4 Å². The summed E-state index contributed by atoms with van der Waals surface area (Å²) in [5.74, 6) is -1.00. The van der Waals surface area contributed by atoms with Crippen LogP contribution in [0.5, 0.6) is 5.75 Å². The lowest BCUT2D eigenvalue weighted by Crippen LogP contribution is -2.46. The van der Waals surface area contributed by atoms with Gasteiger partial charge in [0.2, 0.25) is 0 Å². The largest absolute Gasteiger partial charge is 0.491 e. The van der Waals surface area contributed by atoms with Gasteiger partial charge in [-0.05, 0) is 100 Å². The van der Waals surface area contributed by atoms with Crippen LogP contribution in [-0.4, -0.2) is 106 Å². The summed E-state index contributed by atoms with van der Waals surface area (Å²) in [5, 5.41) is 0. The Morgan fingerprint density at radius 1 is 0.781 bits per heavy atom. The molecule has 5 rings (SSSR count). The number of carbonyl (C=O) groups excluding carboxylic acids is 2. The molecule has 0 spiro atoms. The van der Waals surface area contributed by atoms with Gasteiger partial charge < -0.3 is 48.2 Å². The number of aromatic nitrogens is 1. The maximum absolute atomic E-state index is 14.9. The molecule has 2 N–H and O–H groups in total. The van der Waals surface area contributed by atoms with Gasteiger partial charge in [0.25, 0.3) is 0 Å². The molecule has 350 valence electrons. The van der Waals surface area contributed by atoms with E-state index in [1.54, 1.807) is 12.1 Å². The Balaban J connectivity index is 1.31. The Morgan fingerprint density at radius 2 is 1.36 bits per heavy atom. The molecular formula is C51H69FN2O10. The molecule has 13 heteroatoms. The van der Waals surface area contributed by atoms with Gasteiger partial charge in [-0.25, -0.2) is 4.39 Å². The Kier molecular flexibility index (Phi) is 19.5. The lowest BCUT2D eigenvalue weighted by molar-refractivity contribution is -0.301. The summed E-state index contributed by atoms with van der Waals surface area (Å²) in [7, 11) is 0. The summed E-state index contributed by atoms with van der Waals surface area (Å²) in [6.45, 7) is 18.6. The van der Waals surface area contributed by atoms with Gasteiger partial charge in [0.15, 0.2) is 11.6 Å². The molecule has 1 saturated heterocycles. The lowest BCUT2D eigenvalue weighted by Gasteiger charge is -2.41. The molecule has 1 aromatic heterocycles. The predicted molar refractivity (Wildman–Crippen MR) is 245 cm³/mol. The minimum Gasteiger partial charge on any atom is -0.491 e. The highest BCUT2D eigenvalue weighted by molar-refractivity contribution is 6.08. The summed E-state index contributed by atoms with van der Waals surface area (Å²) in [4.78, 5) is 27.8. The molecule has 2 heterocycles. The van der Waals surface area contributed by atoms with Crippen LogP contribution in [0.1, 0.15) is 95.3 Å². The number of ether oxygens (including phenoxy) is 8. The van der Waals surface area contributed by atoms with E-state index in [0.717, 1.165) is 33.6 Å². The van der Waals surface area contributed by atoms with Gasteiger partial charge in [0.1, 0.15) is 23.8 Å². The van der Waals surface area contributed by atoms with Crippen molar-refractivity contribution in [3.8, 4) is 28.1 Å². The van der Waals surface area contributed by atoms with Crippen LogP contribution in [0.2, 0.25) is 0 Å². The molecule has 3 aromatic carbocycles. The first-order valence-corrected chi connectivity index (χ1v) is 22.5. The zero-order valence-electron chi connectivity index (χ0n) is 38.8. The summed E-state index contributed by atoms with van der Waals surface area (Å²) in [5.41, 5.74) is 10.5. The topological polar surface area (TPSA) is 139 Å². The number of halogens is 1. The fourth-order valence-electron chi connectivity index (χ4n) is 7.95. The van der Waals surface area contributed by atoms with E-state index in [9.17, 15) is 14.0 Å². The summed E-state index contributed by atoms with van der Waals surface area (Å²) >= 11 is 0. The highest BCUT2D eigenvalue weighted by atomic mass is 19.1. The first-order valence-electron chi connectivity index (χ1n) is 22.5. The molecule has 12 nitrogen and oxygen atoms in total. The van der Waals surface area contributed by atoms with Gasteiger partial charge in [-0.1, -0.05) is 56.3 Å². The second-order valence-corrected chi connectivity index (χ2v) is 17.7. The summed E-state index contributed by atoms with van der Waals surface area (Å²) in [6, 6.07) is 23.9. The maximum Gasteiger partial charge on any atom is 0.308 e. The standard InChI is InChI=1S/C51H69FN2O10/c1-36(2)48-47(44(55)33-37-13-19-41(20-14-37)61-32-31-60-30-29-59-28-27-58-26-25-57-24-22-53)46(38-11-9-8-10-12-38)49(39-15-17-40(52)18-16-39)54(48)23-21-42-34-43(63-51(6,7)62-42)35-45(56)64-50(3,4)5/h8-20,36,42-43H,21-35,53H2,1-7H3/t42-,43-/m1/s1. The van der Waals surface area contributed by atoms with Crippen LogP contribution < -0.4 is 10.5 Å². The van der Waals surface area contributed by atoms with Crippen LogP contribution in [0.15, 0.2) is 78.9 Å². The van der Waals surface area contributed by atoms with E-state index in [-0.39, 0.29) is 42.4 Å². The summed E-state index contributed by atoms with van der Waals surface area (Å²) in [6.07, 6.45) is 0.695. The second kappa shape index (κ2) is 24.7. The highest BCUT2D eigenvalue weighted by Gasteiger charge is 2.38. The number of ketones is 1. The van der Waals surface area contributed by atoms with Crippen molar-refractivity contribution in [2.24, 2.45) is 5.73 Å². The van der Waals surface area contributed by atoms with E-state index in [0.29, 0.717) is 96.7 Å². The average Bonchev–Trinajstić information content (AvgIpc) is 3.58. The van der Waals surface area contributed by atoms with Crippen molar-refractivity contribution >= 4 is 11.8 Å². The quantitative estimate of drug-likeness (QED) is 0.0367. The number of nitrogens with zero attached hydrogens (tertiary/aromatic N) is 1. The van der Waals surface area contributed by atoms with Gasteiger partial charge >= 0.3 is 5.97 Å². The number of rotatable bonds is 26. The predicted octanol–water partition coefficient (Wildman–Crippen LogP) is 8.95. The molecule has 1 aliphatic rings. The fraction of sp³-hybridized carbons (Fsp3) is 0.529. The molecule has 0 amide bonds. The second-order valence-electron chi connectivity index (χ2n) is 17.7. The van der Waals surface area contributed by atoms with E-state index in [1.807, 2.05) is 89.2 Å². The van der Waals surface area contributed by atoms with Crippen molar-refractivity contribution in [2.75, 3.05) is 66.0 Å². The molecular weight excluding hydrogens is 820 g/mol. The van der Waals surface area contributed by atoms with Crippen molar-refractivity contribution in [3.63, 3.8) is 0 Å². The first-order chi connectivity index (χ1) is 30.6. The normalized spacial score (nSPS) is 16.3. The van der Waals surface area contributed by atoms with E-state index >= 15 is 0 Å². The Bertz CT molecular complexity index is 2030. The maximum atomic E-state index is 14.9. The van der Waals surface area contributed by atoms with Gasteiger partial charge in [0.05, 0.1) is 77.2 Å². The average molecular weight is 889 g/mol. The molecule has 0 radical (unpaired) electrons. The number of hydrogen-bond acceptors (Lipinski definition) is 11. The molecule has 0 aliphatic carbocycles. The number of esters is 1. The Morgan fingerprint density at radius 3 is 1.94 bits per heavy atom. The number of carbonyl (C=O) groups is 2. The van der Waals surface area contributed by atoms with Crippen molar-refractivity contribution in [3.05, 3.63) is 102 Å². The zero-order chi connectivity index (χ0) is 46.1. The number of nitrogens with two attached hydrogens (primary N) is 1. The SMILES string of the molecule is CC(C)c1c(C(=O)Cc2ccc(OCCOCCOCCOCCOCCN)cc2)c(-c2ccccc2)c(-c2ccc(F)cc2)n1CC[C@@H]1C[C@H](CC(=O)OC(C)(C)C)OC(C)(C)O1. The third-order valence-corrected chi connectivity index (χ3v) is 10.4. The van der Waals surface area contributed by atoms with Gasteiger partial charge in [-0.3, -0.25) is 9.59 Å². The molecule has 64 heavy (non-hydrogen) atoms. The van der Waals surface area contributed by atoms with Crippen LogP contribution in [0.25, 0.3) is 22.4 Å². The van der Waals surface area contributed by atoms with E-state index < -0.39 is 17.5 Å². The van der Waals surface area contributed by atoms with Crippen molar-refractivity contribution in [1.29, 1.82) is 0 Å². The van der Waals surface area contributed by atoms with Gasteiger partial charge in [-0.15, -0.1) is 0 Å². The van der Waals surface area contributed by atoms with Crippen LogP contribution in [0, 0.1) is 5.82 Å². The summed E-state index contributed by atoms with van der Waals surface area (Å²) < 4.78 is 62.8. The van der Waals surface area contributed by atoms with Crippen molar-refractivity contribution < 1.29 is 51.9 Å². The van der Waals surface area contributed by atoms with Crippen molar-refractivity contribution in [2.45, 2.75) is 110 Å². The molecule has 1 fully saturated rings. The lowest BCUT2D eigenvalue weighted by atomic mass is 9.90. The first kappa shape index (κ1) is 50.5. The minimum absolute atomic E-state index is 0.0297. The molecule has 2 atom stereocenters. The van der Waals surface area contributed by atoms with E-state index in [4.69, 9.17) is 43.6 Å². The molecule has 0 saturated carbocycles. The highest BCUT2D eigenvalue weighted by Crippen LogP contribution is 2.43. The van der Waals surface area contributed by atoms with Crippen LogP contribution in [0.4, 0.5) is 4.39 Å². The molecule has 0 unspecified atom stereocenters. The molecule has 0 bridgehead atoms. The molecule has 1 aliphatic heterocycles. The fourth-order valence-corrected chi connectivity index (χ4v) is 7.95. The van der Waals surface area contributed by atoms with Crippen LogP contribution in [0.3, 0.4) is 0 Å². The molecule has 4 aromatic rings. The third-order valence-electron chi connectivity index (χ3n) is 10.4. The monoisotopic (exact) mass is 888 g/mol. The van der Waals surface area contributed by atoms with Gasteiger partial charge in [-0.2, -0.15) is 0 Å². The smallest absolute Gasteiger partial charge is 0.308 e. The number of hydrogen-bond donors (Lipinski definition) is 1. The van der Waals surface area contributed by atoms with Crippen LogP contribution >= 0.6 is 0 Å².